The Balaban J connectivity index is 2.52. The van der Waals surface area contributed by atoms with E-state index in [1.807, 2.05) is 43.3 Å². The Morgan fingerprint density at radius 2 is 2.00 bits per heavy atom. The fraction of sp³-hybridized carbons (Fsp3) is 0.200. The van der Waals surface area contributed by atoms with Crippen LogP contribution in [0.15, 0.2) is 28.7 Å². The molecule has 0 saturated heterocycles. The van der Waals surface area contributed by atoms with Crippen LogP contribution in [0.3, 0.4) is 0 Å². The fourth-order valence-electron chi connectivity index (χ4n) is 1.30. The minimum atomic E-state index is 0.371. The summed E-state index contributed by atoms with van der Waals surface area (Å²) in [5.74, 6) is 0.962. The van der Waals surface area contributed by atoms with Gasteiger partial charge in [0.2, 0.25) is 11.9 Å². The molecule has 84 valence electrons. The first-order valence-electron chi connectivity index (χ1n) is 4.74. The molecule has 0 saturated carbocycles. The van der Waals surface area contributed by atoms with Crippen LogP contribution in [0.25, 0.3) is 5.69 Å². The first-order valence-corrected chi connectivity index (χ1v) is 5.53. The van der Waals surface area contributed by atoms with Crippen molar-refractivity contribution in [1.82, 2.24) is 14.8 Å². The highest BCUT2D eigenvalue weighted by Gasteiger charge is 2.11. The Bertz CT molecular complexity index is 506. The average Bonchev–Trinajstić information content (AvgIpc) is 2.61. The predicted molar refractivity (Wildman–Crippen MR) is 67.8 cm³/mol. The topological polar surface area (TPSA) is 60.0 Å². The van der Waals surface area contributed by atoms with Crippen molar-refractivity contribution in [3.63, 3.8) is 0 Å². The maximum atomic E-state index is 5.82. The number of aromatic nitrogens is 3. The molecule has 1 aromatic heterocycles. The van der Waals surface area contributed by atoms with Gasteiger partial charge < -0.3 is 10.6 Å². The highest BCUT2D eigenvalue weighted by molar-refractivity contribution is 9.10. The number of halogens is 1. The number of rotatable bonds is 2. The molecular formula is C10H12BrN5. The molecule has 0 aliphatic rings. The molecule has 1 aromatic carbocycles. The zero-order valence-electron chi connectivity index (χ0n) is 9.05. The van der Waals surface area contributed by atoms with Crippen molar-refractivity contribution in [2.45, 2.75) is 0 Å². The molecule has 5 nitrogen and oxygen atoms in total. The fourth-order valence-corrected chi connectivity index (χ4v) is 1.76. The average molecular weight is 282 g/mol. The van der Waals surface area contributed by atoms with E-state index in [0.717, 1.165) is 10.2 Å². The number of anilines is 2. The summed E-state index contributed by atoms with van der Waals surface area (Å²) in [5, 5.41) is 4.32. The molecular weight excluding hydrogens is 270 g/mol. The summed E-state index contributed by atoms with van der Waals surface area (Å²) in [5.41, 5.74) is 6.70. The van der Waals surface area contributed by atoms with E-state index in [9.17, 15) is 0 Å². The first kappa shape index (κ1) is 10.9. The van der Waals surface area contributed by atoms with E-state index >= 15 is 0 Å². The van der Waals surface area contributed by atoms with Crippen molar-refractivity contribution in [2.24, 2.45) is 0 Å². The van der Waals surface area contributed by atoms with E-state index in [1.165, 1.54) is 0 Å². The van der Waals surface area contributed by atoms with Crippen molar-refractivity contribution in [3.05, 3.63) is 28.7 Å². The molecule has 1 heterocycles. The lowest BCUT2D eigenvalue weighted by molar-refractivity contribution is 0.871. The van der Waals surface area contributed by atoms with Gasteiger partial charge in [0.1, 0.15) is 0 Å². The molecule has 0 spiro atoms. The lowest BCUT2D eigenvalue weighted by Gasteiger charge is -2.05. The molecule has 0 amide bonds. The molecule has 2 rings (SSSR count). The van der Waals surface area contributed by atoms with Crippen LogP contribution in [0.5, 0.6) is 0 Å². The Morgan fingerprint density at radius 3 is 2.56 bits per heavy atom. The van der Waals surface area contributed by atoms with Gasteiger partial charge in [-0.05, 0) is 28.1 Å². The van der Waals surface area contributed by atoms with E-state index in [2.05, 4.69) is 26.0 Å². The molecule has 2 N–H and O–H groups in total. The molecule has 2 aromatic rings. The third kappa shape index (κ3) is 1.88. The van der Waals surface area contributed by atoms with Crippen LogP contribution in [0.2, 0.25) is 0 Å². The van der Waals surface area contributed by atoms with Crippen LogP contribution in [0.4, 0.5) is 11.9 Å². The smallest absolute Gasteiger partial charge is 0.246 e. The molecule has 0 aliphatic carbocycles. The van der Waals surface area contributed by atoms with Gasteiger partial charge in [0, 0.05) is 18.6 Å². The van der Waals surface area contributed by atoms with Gasteiger partial charge in [-0.3, -0.25) is 0 Å². The maximum Gasteiger partial charge on any atom is 0.246 e. The van der Waals surface area contributed by atoms with Gasteiger partial charge in [-0.1, -0.05) is 12.1 Å². The Morgan fingerprint density at radius 1 is 1.31 bits per heavy atom. The zero-order valence-corrected chi connectivity index (χ0v) is 10.6. The number of para-hydroxylation sites is 1. The van der Waals surface area contributed by atoms with Crippen LogP contribution < -0.4 is 10.6 Å². The number of benzene rings is 1. The third-order valence-corrected chi connectivity index (χ3v) is 2.77. The largest absolute Gasteiger partial charge is 0.368 e. The second-order valence-corrected chi connectivity index (χ2v) is 4.38. The SMILES string of the molecule is CN(C)c1nc(N)n(-c2ccccc2Br)n1. The molecule has 16 heavy (non-hydrogen) atoms. The zero-order chi connectivity index (χ0) is 11.7. The molecule has 0 atom stereocenters. The van der Waals surface area contributed by atoms with Crippen LogP contribution >= 0.6 is 15.9 Å². The highest BCUT2D eigenvalue weighted by atomic mass is 79.9. The summed E-state index contributed by atoms with van der Waals surface area (Å²) >= 11 is 3.46. The van der Waals surface area contributed by atoms with E-state index in [1.54, 1.807) is 4.68 Å². The summed E-state index contributed by atoms with van der Waals surface area (Å²) in [4.78, 5) is 5.97. The highest BCUT2D eigenvalue weighted by Crippen LogP contribution is 2.22. The van der Waals surface area contributed by atoms with Gasteiger partial charge in [-0.25, -0.2) is 0 Å². The standard InChI is InChI=1S/C10H12BrN5/c1-15(2)10-13-9(12)16(14-10)8-6-4-3-5-7(8)11/h3-6H,1-2H3,(H2,12,13,14). The summed E-state index contributed by atoms with van der Waals surface area (Å²) in [6.07, 6.45) is 0. The summed E-state index contributed by atoms with van der Waals surface area (Å²) in [6.45, 7) is 0. The van der Waals surface area contributed by atoms with Gasteiger partial charge in [0.15, 0.2) is 0 Å². The van der Waals surface area contributed by atoms with Crippen molar-refractivity contribution < 1.29 is 0 Å². The number of nitrogens with zero attached hydrogens (tertiary/aromatic N) is 4. The van der Waals surface area contributed by atoms with Gasteiger partial charge in [-0.2, -0.15) is 9.67 Å². The monoisotopic (exact) mass is 281 g/mol. The van der Waals surface area contributed by atoms with Crippen molar-refractivity contribution in [3.8, 4) is 5.69 Å². The van der Waals surface area contributed by atoms with Crippen molar-refractivity contribution in [2.75, 3.05) is 24.7 Å². The van der Waals surface area contributed by atoms with Gasteiger partial charge in [0.05, 0.1) is 5.69 Å². The predicted octanol–water partition coefficient (Wildman–Crippen LogP) is 1.68. The quantitative estimate of drug-likeness (QED) is 0.910. The Hall–Kier alpha value is -1.56. The molecule has 0 fully saturated rings. The van der Waals surface area contributed by atoms with Gasteiger partial charge in [-0.15, -0.1) is 5.10 Å². The van der Waals surface area contributed by atoms with E-state index in [0.29, 0.717) is 11.9 Å². The number of hydrogen-bond acceptors (Lipinski definition) is 4. The molecule has 0 bridgehead atoms. The van der Waals surface area contributed by atoms with E-state index in [-0.39, 0.29) is 0 Å². The molecule has 6 heteroatoms. The minimum absolute atomic E-state index is 0.371. The summed E-state index contributed by atoms with van der Waals surface area (Å²) in [6, 6.07) is 7.73. The lowest BCUT2D eigenvalue weighted by atomic mass is 10.3. The lowest BCUT2D eigenvalue weighted by Crippen LogP contribution is -2.11. The van der Waals surface area contributed by atoms with E-state index < -0.39 is 0 Å². The second-order valence-electron chi connectivity index (χ2n) is 3.53. The Kier molecular flexibility index (Phi) is 2.82. The normalized spacial score (nSPS) is 10.4. The van der Waals surface area contributed by atoms with E-state index in [4.69, 9.17) is 5.73 Å². The number of nitrogen functional groups attached to an aromatic ring is 1. The van der Waals surface area contributed by atoms with Gasteiger partial charge in [0.25, 0.3) is 0 Å². The molecule has 0 unspecified atom stereocenters. The van der Waals surface area contributed by atoms with Crippen LogP contribution in [-0.4, -0.2) is 28.9 Å². The molecule has 0 radical (unpaired) electrons. The number of nitrogens with two attached hydrogens (primary N) is 1. The van der Waals surface area contributed by atoms with Crippen LogP contribution in [0, 0.1) is 0 Å². The third-order valence-electron chi connectivity index (χ3n) is 2.10. The first-order chi connectivity index (χ1) is 7.59. The molecule has 0 aliphatic heterocycles. The Labute approximate surface area is 102 Å². The summed E-state index contributed by atoms with van der Waals surface area (Å²) in [7, 11) is 3.75. The minimum Gasteiger partial charge on any atom is -0.368 e. The number of hydrogen-bond donors (Lipinski definition) is 1. The van der Waals surface area contributed by atoms with Crippen molar-refractivity contribution in [1.29, 1.82) is 0 Å². The second kappa shape index (κ2) is 4.13. The van der Waals surface area contributed by atoms with Crippen LogP contribution in [-0.2, 0) is 0 Å². The summed E-state index contributed by atoms with van der Waals surface area (Å²) < 4.78 is 2.54. The van der Waals surface area contributed by atoms with Gasteiger partial charge >= 0.3 is 0 Å². The van der Waals surface area contributed by atoms with Crippen molar-refractivity contribution >= 4 is 27.8 Å². The van der Waals surface area contributed by atoms with Crippen LogP contribution in [0.1, 0.15) is 0 Å². The maximum absolute atomic E-state index is 5.82.